The summed E-state index contributed by atoms with van der Waals surface area (Å²) in [5.74, 6) is 0.685. The lowest BCUT2D eigenvalue weighted by Gasteiger charge is -2.22. The Hall–Kier alpha value is -1.33. The molecule has 0 aliphatic rings. The van der Waals surface area contributed by atoms with Crippen LogP contribution in [0.25, 0.3) is 0 Å². The summed E-state index contributed by atoms with van der Waals surface area (Å²) in [6.07, 6.45) is 1.65. The summed E-state index contributed by atoms with van der Waals surface area (Å²) in [4.78, 5) is 2.10. The molecule has 1 aromatic carbocycles. The van der Waals surface area contributed by atoms with Gasteiger partial charge in [0.25, 0.3) is 0 Å². The lowest BCUT2D eigenvalue weighted by molar-refractivity contribution is 0.303. The Morgan fingerprint density at radius 3 is 2.18 bits per heavy atom. The molecule has 0 amide bonds. The van der Waals surface area contributed by atoms with Crippen molar-refractivity contribution in [2.45, 2.75) is 32.7 Å². The predicted molar refractivity (Wildman–Crippen MR) is 71.6 cm³/mol. The highest BCUT2D eigenvalue weighted by Crippen LogP contribution is 2.22. The summed E-state index contributed by atoms with van der Waals surface area (Å²) >= 11 is 0. The standard InChI is InChI=1S/C15H22N2/c1-12(2)11-13-5-7-14(8-6-13)15(9-10-16)17(3)4/h5-8,12,15H,9,11H2,1-4H3. The minimum absolute atomic E-state index is 0.202. The first-order valence-electron chi connectivity index (χ1n) is 6.16. The van der Waals surface area contributed by atoms with E-state index in [2.05, 4.69) is 49.1 Å². The van der Waals surface area contributed by atoms with E-state index in [0.717, 1.165) is 6.42 Å². The van der Waals surface area contributed by atoms with Gasteiger partial charge in [-0.2, -0.15) is 5.26 Å². The molecule has 0 radical (unpaired) electrons. The predicted octanol–water partition coefficient (Wildman–Crippen LogP) is 3.40. The van der Waals surface area contributed by atoms with Crippen molar-refractivity contribution in [3.05, 3.63) is 35.4 Å². The lowest BCUT2D eigenvalue weighted by Crippen LogP contribution is -2.19. The van der Waals surface area contributed by atoms with Crippen LogP contribution < -0.4 is 0 Å². The molecular weight excluding hydrogens is 208 g/mol. The van der Waals surface area contributed by atoms with Crippen LogP contribution in [-0.2, 0) is 6.42 Å². The van der Waals surface area contributed by atoms with E-state index in [0.29, 0.717) is 12.3 Å². The summed E-state index contributed by atoms with van der Waals surface area (Å²) in [6.45, 7) is 4.46. The van der Waals surface area contributed by atoms with Gasteiger partial charge in [-0.3, -0.25) is 0 Å². The highest BCUT2D eigenvalue weighted by atomic mass is 15.1. The fourth-order valence-corrected chi connectivity index (χ4v) is 2.03. The van der Waals surface area contributed by atoms with Crippen molar-refractivity contribution in [1.82, 2.24) is 4.90 Å². The van der Waals surface area contributed by atoms with Gasteiger partial charge in [0.2, 0.25) is 0 Å². The fraction of sp³-hybridized carbons (Fsp3) is 0.533. The fourth-order valence-electron chi connectivity index (χ4n) is 2.03. The molecule has 0 aromatic heterocycles. The number of nitrogens with zero attached hydrogens (tertiary/aromatic N) is 2. The smallest absolute Gasteiger partial charge is 0.0641 e. The molecule has 17 heavy (non-hydrogen) atoms. The molecule has 1 atom stereocenters. The molecule has 0 fully saturated rings. The second-order valence-electron chi connectivity index (χ2n) is 5.18. The average Bonchev–Trinajstić information content (AvgIpc) is 2.26. The van der Waals surface area contributed by atoms with Crippen LogP contribution in [0.5, 0.6) is 0 Å². The van der Waals surface area contributed by atoms with E-state index in [4.69, 9.17) is 5.26 Å². The third kappa shape index (κ3) is 4.20. The van der Waals surface area contributed by atoms with Crippen LogP contribution >= 0.6 is 0 Å². The molecular formula is C15H22N2. The minimum atomic E-state index is 0.202. The van der Waals surface area contributed by atoms with E-state index in [-0.39, 0.29) is 6.04 Å². The van der Waals surface area contributed by atoms with Gasteiger partial charge < -0.3 is 4.90 Å². The van der Waals surface area contributed by atoms with E-state index >= 15 is 0 Å². The van der Waals surface area contributed by atoms with E-state index in [9.17, 15) is 0 Å². The van der Waals surface area contributed by atoms with Crippen molar-refractivity contribution in [2.24, 2.45) is 5.92 Å². The molecule has 0 saturated heterocycles. The van der Waals surface area contributed by atoms with Gasteiger partial charge in [-0.05, 0) is 37.6 Å². The molecule has 1 aromatic rings. The van der Waals surface area contributed by atoms with Gasteiger partial charge in [-0.1, -0.05) is 38.1 Å². The SMILES string of the molecule is CC(C)Cc1ccc(C(CC#N)N(C)C)cc1. The molecule has 0 N–H and O–H groups in total. The van der Waals surface area contributed by atoms with Gasteiger partial charge >= 0.3 is 0 Å². The van der Waals surface area contributed by atoms with Crippen molar-refractivity contribution >= 4 is 0 Å². The van der Waals surface area contributed by atoms with Gasteiger partial charge in [0.15, 0.2) is 0 Å². The van der Waals surface area contributed by atoms with Crippen LogP contribution in [0.1, 0.15) is 37.4 Å². The Labute approximate surface area is 105 Å². The maximum Gasteiger partial charge on any atom is 0.0641 e. The lowest BCUT2D eigenvalue weighted by atomic mass is 9.98. The molecule has 0 bridgehead atoms. The normalized spacial score (nSPS) is 12.8. The number of nitriles is 1. The van der Waals surface area contributed by atoms with Gasteiger partial charge in [-0.25, -0.2) is 0 Å². The van der Waals surface area contributed by atoms with Crippen molar-refractivity contribution in [3.8, 4) is 6.07 Å². The number of hydrogen-bond donors (Lipinski definition) is 0. The van der Waals surface area contributed by atoms with Crippen LogP contribution in [0.3, 0.4) is 0 Å². The molecule has 0 aliphatic carbocycles. The van der Waals surface area contributed by atoms with Crippen LogP contribution in [-0.4, -0.2) is 19.0 Å². The van der Waals surface area contributed by atoms with E-state index < -0.39 is 0 Å². The van der Waals surface area contributed by atoms with Crippen LogP contribution in [0.15, 0.2) is 24.3 Å². The van der Waals surface area contributed by atoms with Crippen LogP contribution in [0.4, 0.5) is 0 Å². The van der Waals surface area contributed by atoms with Crippen LogP contribution in [0.2, 0.25) is 0 Å². The Morgan fingerprint density at radius 1 is 1.18 bits per heavy atom. The van der Waals surface area contributed by atoms with Gasteiger partial charge in [0, 0.05) is 6.04 Å². The Balaban J connectivity index is 2.81. The zero-order valence-corrected chi connectivity index (χ0v) is 11.3. The topological polar surface area (TPSA) is 27.0 Å². The summed E-state index contributed by atoms with van der Waals surface area (Å²) in [6, 6.07) is 11.1. The first-order chi connectivity index (χ1) is 8.04. The maximum atomic E-state index is 8.84. The summed E-state index contributed by atoms with van der Waals surface area (Å²) in [7, 11) is 4.04. The van der Waals surface area contributed by atoms with Crippen molar-refractivity contribution in [3.63, 3.8) is 0 Å². The second kappa shape index (κ2) is 6.42. The van der Waals surface area contributed by atoms with E-state index in [1.807, 2.05) is 14.1 Å². The molecule has 0 saturated carbocycles. The summed E-state index contributed by atoms with van der Waals surface area (Å²) < 4.78 is 0. The van der Waals surface area contributed by atoms with Crippen molar-refractivity contribution in [2.75, 3.05) is 14.1 Å². The molecule has 0 heterocycles. The number of rotatable bonds is 5. The quantitative estimate of drug-likeness (QED) is 0.775. The highest BCUT2D eigenvalue weighted by molar-refractivity contribution is 5.26. The monoisotopic (exact) mass is 230 g/mol. The molecule has 2 nitrogen and oxygen atoms in total. The third-order valence-electron chi connectivity index (χ3n) is 2.92. The van der Waals surface area contributed by atoms with Crippen LogP contribution in [0, 0.1) is 17.2 Å². The van der Waals surface area contributed by atoms with Crippen molar-refractivity contribution in [1.29, 1.82) is 5.26 Å². The summed E-state index contributed by atoms with van der Waals surface area (Å²) in [5.41, 5.74) is 2.60. The van der Waals surface area contributed by atoms with Gasteiger partial charge in [0.05, 0.1) is 12.5 Å². The Bertz CT molecular complexity index is 371. The maximum absolute atomic E-state index is 8.84. The molecule has 92 valence electrons. The minimum Gasteiger partial charge on any atom is -0.301 e. The first-order valence-corrected chi connectivity index (χ1v) is 6.16. The summed E-state index contributed by atoms with van der Waals surface area (Å²) in [5, 5.41) is 8.84. The number of benzene rings is 1. The third-order valence-corrected chi connectivity index (χ3v) is 2.92. The van der Waals surface area contributed by atoms with Gasteiger partial charge in [-0.15, -0.1) is 0 Å². The molecule has 2 heteroatoms. The highest BCUT2D eigenvalue weighted by Gasteiger charge is 2.13. The molecule has 0 spiro atoms. The first kappa shape index (κ1) is 13.7. The zero-order valence-electron chi connectivity index (χ0n) is 11.3. The Kier molecular flexibility index (Phi) is 5.18. The average molecular weight is 230 g/mol. The molecule has 1 unspecified atom stereocenters. The second-order valence-corrected chi connectivity index (χ2v) is 5.18. The zero-order chi connectivity index (χ0) is 12.8. The van der Waals surface area contributed by atoms with E-state index in [1.54, 1.807) is 0 Å². The molecule has 0 aliphatic heterocycles. The molecule has 1 rings (SSSR count). The van der Waals surface area contributed by atoms with Gasteiger partial charge in [0.1, 0.15) is 0 Å². The number of hydrogen-bond acceptors (Lipinski definition) is 2. The van der Waals surface area contributed by atoms with Crippen molar-refractivity contribution < 1.29 is 0 Å². The largest absolute Gasteiger partial charge is 0.301 e. The Morgan fingerprint density at radius 2 is 1.76 bits per heavy atom. The van der Waals surface area contributed by atoms with E-state index in [1.165, 1.54) is 11.1 Å².